The molecule has 2 N–H and O–H groups in total. The molecule has 0 amide bonds. The van der Waals surface area contributed by atoms with Crippen LogP contribution in [0.15, 0.2) is 42.5 Å². The van der Waals surface area contributed by atoms with Gasteiger partial charge >= 0.3 is 5.97 Å². The Morgan fingerprint density at radius 1 is 1.12 bits per heavy atom. The average molecular weight is 353 g/mol. The van der Waals surface area contributed by atoms with Gasteiger partial charge in [0.15, 0.2) is 0 Å². The van der Waals surface area contributed by atoms with Crippen LogP contribution < -0.4 is 4.74 Å². The second-order valence-electron chi connectivity index (χ2n) is 7.09. The van der Waals surface area contributed by atoms with Crippen molar-refractivity contribution in [2.45, 2.75) is 31.4 Å². The number of aliphatic hydroxyl groups excluding tert-OH is 1. The van der Waals surface area contributed by atoms with E-state index in [4.69, 9.17) is 9.84 Å². The second-order valence-corrected chi connectivity index (χ2v) is 7.09. The molecule has 136 valence electrons. The lowest BCUT2D eigenvalue weighted by molar-refractivity contribution is -0.136. The van der Waals surface area contributed by atoms with Gasteiger partial charge < -0.3 is 14.9 Å². The standard InChI is InChI=1S/C21H23NO4/c23-20(24)11-14-4-3-5-15(10-14)16-6-7-17-19(12-16)26-13-18(21(17)25)22-8-1-2-9-22/h3-7,10,12,18,21,25H,1-2,8-9,11,13H2,(H,23,24)/t18-,21-/m1/s1. The zero-order chi connectivity index (χ0) is 18.1. The van der Waals surface area contributed by atoms with Gasteiger partial charge in [-0.3, -0.25) is 9.69 Å². The summed E-state index contributed by atoms with van der Waals surface area (Å²) in [5, 5.41) is 19.8. The fourth-order valence-electron chi connectivity index (χ4n) is 3.97. The zero-order valence-corrected chi connectivity index (χ0v) is 14.6. The van der Waals surface area contributed by atoms with E-state index in [1.54, 1.807) is 0 Å². The van der Waals surface area contributed by atoms with Gasteiger partial charge in [-0.25, -0.2) is 0 Å². The molecule has 0 radical (unpaired) electrons. The van der Waals surface area contributed by atoms with Gasteiger partial charge in [0.2, 0.25) is 0 Å². The maximum absolute atomic E-state index is 10.9. The molecule has 0 saturated carbocycles. The Balaban J connectivity index is 1.59. The maximum atomic E-state index is 10.9. The van der Waals surface area contributed by atoms with Crippen LogP contribution in [0, 0.1) is 0 Å². The molecule has 1 saturated heterocycles. The Morgan fingerprint density at radius 3 is 2.65 bits per heavy atom. The van der Waals surface area contributed by atoms with Crippen LogP contribution in [-0.2, 0) is 11.2 Å². The number of aliphatic hydroxyl groups is 1. The number of carbonyl (C=O) groups is 1. The van der Waals surface area contributed by atoms with E-state index in [1.807, 2.05) is 42.5 Å². The Labute approximate surface area is 152 Å². The van der Waals surface area contributed by atoms with Crippen molar-refractivity contribution >= 4 is 5.97 Å². The number of ether oxygens (including phenoxy) is 1. The number of carboxylic acids is 1. The monoisotopic (exact) mass is 353 g/mol. The number of rotatable bonds is 4. The molecule has 0 bridgehead atoms. The van der Waals surface area contributed by atoms with E-state index in [0.29, 0.717) is 12.4 Å². The fourth-order valence-corrected chi connectivity index (χ4v) is 3.97. The predicted octanol–water partition coefficient (Wildman–Crippen LogP) is 2.87. The van der Waals surface area contributed by atoms with Gasteiger partial charge in [-0.2, -0.15) is 0 Å². The SMILES string of the molecule is O=C(O)Cc1cccc(-c2ccc3c(c2)OC[C@@H](N2CCCC2)[C@@H]3O)c1. The molecule has 0 unspecified atom stereocenters. The largest absolute Gasteiger partial charge is 0.491 e. The van der Waals surface area contributed by atoms with Crippen molar-refractivity contribution in [1.82, 2.24) is 4.90 Å². The molecule has 1 fully saturated rings. The Hall–Kier alpha value is -2.37. The lowest BCUT2D eigenvalue weighted by Gasteiger charge is -2.36. The van der Waals surface area contributed by atoms with Crippen molar-refractivity contribution in [3.8, 4) is 16.9 Å². The lowest BCUT2D eigenvalue weighted by Crippen LogP contribution is -2.44. The topological polar surface area (TPSA) is 70.0 Å². The molecule has 4 rings (SSSR count). The third-order valence-corrected chi connectivity index (χ3v) is 5.33. The molecule has 2 aromatic carbocycles. The van der Waals surface area contributed by atoms with Crippen LogP contribution >= 0.6 is 0 Å². The van der Waals surface area contributed by atoms with E-state index in [0.717, 1.165) is 35.3 Å². The third kappa shape index (κ3) is 3.32. The van der Waals surface area contributed by atoms with Crippen molar-refractivity contribution in [2.75, 3.05) is 19.7 Å². The highest BCUT2D eigenvalue weighted by molar-refractivity contribution is 5.72. The molecule has 0 aliphatic carbocycles. The van der Waals surface area contributed by atoms with Crippen LogP contribution in [0.4, 0.5) is 0 Å². The molecular formula is C21H23NO4. The number of hydrogen-bond donors (Lipinski definition) is 2. The predicted molar refractivity (Wildman–Crippen MR) is 98.3 cm³/mol. The number of benzene rings is 2. The molecule has 2 aliphatic rings. The number of hydrogen-bond acceptors (Lipinski definition) is 4. The third-order valence-electron chi connectivity index (χ3n) is 5.33. The first-order valence-corrected chi connectivity index (χ1v) is 9.12. The summed E-state index contributed by atoms with van der Waals surface area (Å²) in [6.07, 6.45) is 1.83. The summed E-state index contributed by atoms with van der Waals surface area (Å²) in [6.45, 7) is 2.54. The van der Waals surface area contributed by atoms with Crippen molar-refractivity contribution in [3.05, 3.63) is 53.6 Å². The molecule has 5 nitrogen and oxygen atoms in total. The van der Waals surface area contributed by atoms with Gasteiger partial charge in [0.25, 0.3) is 0 Å². The van der Waals surface area contributed by atoms with Crippen molar-refractivity contribution < 1.29 is 19.7 Å². The lowest BCUT2D eigenvalue weighted by atomic mass is 9.94. The molecule has 5 heteroatoms. The van der Waals surface area contributed by atoms with Crippen LogP contribution in [0.5, 0.6) is 5.75 Å². The molecule has 0 spiro atoms. The zero-order valence-electron chi connectivity index (χ0n) is 14.6. The average Bonchev–Trinajstić information content (AvgIpc) is 3.16. The van der Waals surface area contributed by atoms with Crippen molar-refractivity contribution in [1.29, 1.82) is 0 Å². The first-order chi connectivity index (χ1) is 12.6. The number of fused-ring (bicyclic) bond motifs is 1. The van der Waals surface area contributed by atoms with Crippen LogP contribution in [0.1, 0.15) is 30.1 Å². The van der Waals surface area contributed by atoms with Gasteiger partial charge in [0.1, 0.15) is 18.5 Å². The van der Waals surface area contributed by atoms with E-state index in [9.17, 15) is 9.90 Å². The molecule has 26 heavy (non-hydrogen) atoms. The minimum absolute atomic E-state index is 0.00547. The summed E-state index contributed by atoms with van der Waals surface area (Å²) in [5.74, 6) is -0.124. The smallest absolute Gasteiger partial charge is 0.307 e. The minimum Gasteiger partial charge on any atom is -0.491 e. The van der Waals surface area contributed by atoms with E-state index >= 15 is 0 Å². The second kappa shape index (κ2) is 7.09. The highest BCUT2D eigenvalue weighted by atomic mass is 16.5. The molecular weight excluding hydrogens is 330 g/mol. The highest BCUT2D eigenvalue weighted by Crippen LogP contribution is 2.38. The van der Waals surface area contributed by atoms with E-state index in [1.165, 1.54) is 12.8 Å². The number of carboxylic acid groups (broad SMARTS) is 1. The Kier molecular flexibility index (Phi) is 4.66. The van der Waals surface area contributed by atoms with Crippen LogP contribution in [0.2, 0.25) is 0 Å². The Morgan fingerprint density at radius 2 is 1.88 bits per heavy atom. The summed E-state index contributed by atoms with van der Waals surface area (Å²) in [4.78, 5) is 13.2. The summed E-state index contributed by atoms with van der Waals surface area (Å²) in [6, 6.07) is 13.4. The number of likely N-dealkylation sites (tertiary alicyclic amines) is 1. The van der Waals surface area contributed by atoms with Crippen LogP contribution in [-0.4, -0.2) is 46.8 Å². The maximum Gasteiger partial charge on any atom is 0.307 e. The summed E-state index contributed by atoms with van der Waals surface area (Å²) < 4.78 is 5.98. The minimum atomic E-state index is -0.841. The van der Waals surface area contributed by atoms with Gasteiger partial charge in [0.05, 0.1) is 12.5 Å². The molecule has 2 atom stereocenters. The van der Waals surface area contributed by atoms with Gasteiger partial charge in [-0.1, -0.05) is 36.4 Å². The first-order valence-electron chi connectivity index (χ1n) is 9.12. The fraction of sp³-hybridized carbons (Fsp3) is 0.381. The number of aliphatic carboxylic acids is 1. The van der Waals surface area contributed by atoms with E-state index in [2.05, 4.69) is 4.90 Å². The normalized spacial score (nSPS) is 22.7. The highest BCUT2D eigenvalue weighted by Gasteiger charge is 2.34. The number of nitrogens with zero attached hydrogens (tertiary/aromatic N) is 1. The van der Waals surface area contributed by atoms with Crippen LogP contribution in [0.25, 0.3) is 11.1 Å². The van der Waals surface area contributed by atoms with Gasteiger partial charge in [-0.05, 0) is 48.7 Å². The molecule has 2 heterocycles. The summed E-state index contributed by atoms with van der Waals surface area (Å²) in [7, 11) is 0. The van der Waals surface area contributed by atoms with Gasteiger partial charge in [0, 0.05) is 5.56 Å². The van der Waals surface area contributed by atoms with Gasteiger partial charge in [-0.15, -0.1) is 0 Å². The molecule has 0 aromatic heterocycles. The molecule has 2 aromatic rings. The first kappa shape index (κ1) is 17.1. The summed E-state index contributed by atoms with van der Waals surface area (Å²) in [5.41, 5.74) is 3.51. The molecule has 2 aliphatic heterocycles. The summed E-state index contributed by atoms with van der Waals surface area (Å²) >= 11 is 0. The van der Waals surface area contributed by atoms with Crippen molar-refractivity contribution in [3.63, 3.8) is 0 Å². The van der Waals surface area contributed by atoms with Crippen LogP contribution in [0.3, 0.4) is 0 Å². The quantitative estimate of drug-likeness (QED) is 0.884. The van der Waals surface area contributed by atoms with Crippen molar-refractivity contribution in [2.24, 2.45) is 0 Å². The van der Waals surface area contributed by atoms with E-state index in [-0.39, 0.29) is 12.5 Å². The Bertz CT molecular complexity index is 813. The van der Waals surface area contributed by atoms with E-state index < -0.39 is 12.1 Å².